The Morgan fingerprint density at radius 3 is 2.50 bits per heavy atom. The standard InChI is InChI=1S/C15H27IO2/c1-4-6-7-11-14(16)12-9-8-10-13(3)15(17)18-5-2/h10,14H,4-9,11-12H2,1-3H3/b13-10+. The number of hydrogen-bond acceptors (Lipinski definition) is 2. The van der Waals surface area contributed by atoms with Gasteiger partial charge < -0.3 is 4.74 Å². The van der Waals surface area contributed by atoms with Crippen molar-refractivity contribution in [3.63, 3.8) is 0 Å². The van der Waals surface area contributed by atoms with Crippen LogP contribution in [0.3, 0.4) is 0 Å². The zero-order valence-electron chi connectivity index (χ0n) is 12.0. The van der Waals surface area contributed by atoms with Crippen LogP contribution in [0.15, 0.2) is 11.6 Å². The molecule has 2 nitrogen and oxygen atoms in total. The van der Waals surface area contributed by atoms with E-state index in [4.69, 9.17) is 4.74 Å². The molecule has 0 aromatic heterocycles. The molecule has 1 atom stereocenters. The molecule has 106 valence electrons. The van der Waals surface area contributed by atoms with E-state index in [9.17, 15) is 4.79 Å². The fourth-order valence-corrected chi connectivity index (χ4v) is 2.63. The molecule has 0 N–H and O–H groups in total. The highest BCUT2D eigenvalue weighted by atomic mass is 127. The molecule has 0 bridgehead atoms. The van der Waals surface area contributed by atoms with Crippen molar-refractivity contribution >= 4 is 28.6 Å². The van der Waals surface area contributed by atoms with Gasteiger partial charge in [0, 0.05) is 9.50 Å². The smallest absolute Gasteiger partial charge is 0.333 e. The van der Waals surface area contributed by atoms with Crippen LogP contribution in [0.4, 0.5) is 0 Å². The van der Waals surface area contributed by atoms with Crippen LogP contribution in [0.5, 0.6) is 0 Å². The van der Waals surface area contributed by atoms with E-state index in [1.165, 1.54) is 32.1 Å². The van der Waals surface area contributed by atoms with E-state index in [-0.39, 0.29) is 5.97 Å². The SMILES string of the molecule is CCCCCC(I)CCC/C=C(\C)C(=O)OCC. The minimum absolute atomic E-state index is 0.175. The number of carbonyl (C=O) groups is 1. The van der Waals surface area contributed by atoms with Crippen molar-refractivity contribution in [1.82, 2.24) is 0 Å². The Balaban J connectivity index is 3.64. The van der Waals surface area contributed by atoms with Crippen molar-refractivity contribution in [3.05, 3.63) is 11.6 Å². The van der Waals surface area contributed by atoms with Gasteiger partial charge in [0.2, 0.25) is 0 Å². The zero-order valence-corrected chi connectivity index (χ0v) is 14.2. The van der Waals surface area contributed by atoms with Gasteiger partial charge in [-0.15, -0.1) is 0 Å². The summed E-state index contributed by atoms with van der Waals surface area (Å²) >= 11 is 2.55. The summed E-state index contributed by atoms with van der Waals surface area (Å²) < 4.78 is 5.72. The van der Waals surface area contributed by atoms with Crippen LogP contribution in [0, 0.1) is 0 Å². The quantitative estimate of drug-likeness (QED) is 0.178. The molecule has 0 saturated carbocycles. The molecule has 0 spiro atoms. The van der Waals surface area contributed by atoms with Crippen LogP contribution in [0.2, 0.25) is 0 Å². The highest BCUT2D eigenvalue weighted by molar-refractivity contribution is 14.1. The molecule has 3 heteroatoms. The first-order valence-corrected chi connectivity index (χ1v) is 8.34. The highest BCUT2D eigenvalue weighted by Gasteiger charge is 2.05. The molecule has 0 aromatic rings. The predicted octanol–water partition coefficient (Wildman–Crippen LogP) is 5.05. The van der Waals surface area contributed by atoms with Crippen LogP contribution in [-0.2, 0) is 9.53 Å². The van der Waals surface area contributed by atoms with Gasteiger partial charge >= 0.3 is 5.97 Å². The maximum atomic E-state index is 11.4. The largest absolute Gasteiger partial charge is 0.463 e. The van der Waals surface area contributed by atoms with E-state index >= 15 is 0 Å². The number of unbranched alkanes of at least 4 members (excludes halogenated alkanes) is 3. The average molecular weight is 366 g/mol. The van der Waals surface area contributed by atoms with Crippen LogP contribution in [0.25, 0.3) is 0 Å². The van der Waals surface area contributed by atoms with E-state index in [0.29, 0.717) is 6.61 Å². The summed E-state index contributed by atoms with van der Waals surface area (Å²) in [5, 5.41) is 0. The fourth-order valence-electron chi connectivity index (χ4n) is 1.75. The summed E-state index contributed by atoms with van der Waals surface area (Å²) in [6, 6.07) is 0. The van der Waals surface area contributed by atoms with E-state index in [2.05, 4.69) is 29.5 Å². The van der Waals surface area contributed by atoms with Crippen molar-refractivity contribution in [3.8, 4) is 0 Å². The number of halogens is 1. The zero-order chi connectivity index (χ0) is 13.8. The molecule has 0 rings (SSSR count). The van der Waals surface area contributed by atoms with E-state index in [1.54, 1.807) is 0 Å². The Bertz CT molecular complexity index is 249. The molecule has 0 amide bonds. The predicted molar refractivity (Wildman–Crippen MR) is 86.2 cm³/mol. The van der Waals surface area contributed by atoms with Gasteiger partial charge in [-0.2, -0.15) is 0 Å². The normalized spacial score (nSPS) is 13.4. The lowest BCUT2D eigenvalue weighted by molar-refractivity contribution is -0.138. The summed E-state index contributed by atoms with van der Waals surface area (Å²) in [5.41, 5.74) is 0.743. The van der Waals surface area contributed by atoms with Gasteiger partial charge in [-0.05, 0) is 39.5 Å². The molecular weight excluding hydrogens is 339 g/mol. The molecule has 0 aromatic carbocycles. The third-order valence-electron chi connectivity index (χ3n) is 2.89. The van der Waals surface area contributed by atoms with Crippen molar-refractivity contribution in [2.75, 3.05) is 6.61 Å². The third kappa shape index (κ3) is 9.92. The monoisotopic (exact) mass is 366 g/mol. The highest BCUT2D eigenvalue weighted by Crippen LogP contribution is 2.18. The Hall–Kier alpha value is -0.0600. The molecule has 18 heavy (non-hydrogen) atoms. The van der Waals surface area contributed by atoms with Crippen LogP contribution < -0.4 is 0 Å². The number of allylic oxidation sites excluding steroid dienone is 1. The molecule has 0 aliphatic rings. The molecule has 0 saturated heterocycles. The number of rotatable bonds is 10. The number of hydrogen-bond donors (Lipinski definition) is 0. The lowest BCUT2D eigenvalue weighted by Gasteiger charge is -2.08. The topological polar surface area (TPSA) is 26.3 Å². The maximum Gasteiger partial charge on any atom is 0.333 e. The Morgan fingerprint density at radius 2 is 1.89 bits per heavy atom. The first-order valence-electron chi connectivity index (χ1n) is 7.09. The van der Waals surface area contributed by atoms with Crippen LogP contribution in [0.1, 0.15) is 65.7 Å². The molecule has 0 aliphatic heterocycles. The van der Waals surface area contributed by atoms with Gasteiger partial charge in [-0.1, -0.05) is 54.9 Å². The summed E-state index contributed by atoms with van der Waals surface area (Å²) in [5.74, 6) is -0.175. The average Bonchev–Trinajstić information content (AvgIpc) is 2.35. The van der Waals surface area contributed by atoms with Gasteiger partial charge in [0.15, 0.2) is 0 Å². The lowest BCUT2D eigenvalue weighted by Crippen LogP contribution is -2.05. The van der Waals surface area contributed by atoms with Gasteiger partial charge in [-0.25, -0.2) is 4.79 Å². The summed E-state index contributed by atoms with van der Waals surface area (Å²) in [7, 11) is 0. The van der Waals surface area contributed by atoms with Crippen LogP contribution >= 0.6 is 22.6 Å². The van der Waals surface area contributed by atoms with Crippen molar-refractivity contribution in [1.29, 1.82) is 0 Å². The van der Waals surface area contributed by atoms with Gasteiger partial charge in [-0.3, -0.25) is 0 Å². The minimum Gasteiger partial charge on any atom is -0.463 e. The number of esters is 1. The Kier molecular flexibility index (Phi) is 12.0. The lowest BCUT2D eigenvalue weighted by atomic mass is 10.1. The molecule has 1 unspecified atom stereocenters. The first-order chi connectivity index (χ1) is 8.61. The number of ether oxygens (including phenoxy) is 1. The summed E-state index contributed by atoms with van der Waals surface area (Å²) in [4.78, 5) is 11.4. The molecule has 0 aliphatic carbocycles. The van der Waals surface area contributed by atoms with Crippen molar-refractivity contribution in [2.24, 2.45) is 0 Å². The van der Waals surface area contributed by atoms with Crippen LogP contribution in [-0.4, -0.2) is 16.5 Å². The second kappa shape index (κ2) is 12.0. The molecule has 0 radical (unpaired) electrons. The second-order valence-corrected chi connectivity index (χ2v) is 6.39. The minimum atomic E-state index is -0.175. The molecule has 0 heterocycles. The van der Waals surface area contributed by atoms with E-state index in [1.807, 2.05) is 19.9 Å². The molecular formula is C15H27IO2. The Morgan fingerprint density at radius 1 is 1.22 bits per heavy atom. The summed E-state index contributed by atoms with van der Waals surface area (Å²) in [6.07, 6.45) is 10.7. The third-order valence-corrected chi connectivity index (χ3v) is 4.14. The van der Waals surface area contributed by atoms with Gasteiger partial charge in [0.25, 0.3) is 0 Å². The maximum absolute atomic E-state index is 11.4. The number of alkyl halides is 1. The van der Waals surface area contributed by atoms with Crippen molar-refractivity contribution < 1.29 is 9.53 Å². The summed E-state index contributed by atoms with van der Waals surface area (Å²) in [6.45, 7) is 6.37. The first kappa shape index (κ1) is 17.9. The van der Waals surface area contributed by atoms with E-state index < -0.39 is 0 Å². The van der Waals surface area contributed by atoms with Gasteiger partial charge in [0.1, 0.15) is 0 Å². The fraction of sp³-hybridized carbons (Fsp3) is 0.800. The van der Waals surface area contributed by atoms with Crippen molar-refractivity contribution in [2.45, 2.75) is 69.6 Å². The molecule has 0 fully saturated rings. The van der Waals surface area contributed by atoms with Gasteiger partial charge in [0.05, 0.1) is 6.61 Å². The number of carbonyl (C=O) groups excluding carboxylic acids is 1. The van der Waals surface area contributed by atoms with E-state index in [0.717, 1.165) is 22.3 Å². The second-order valence-electron chi connectivity index (χ2n) is 4.63. The Labute approximate surface area is 126 Å².